The summed E-state index contributed by atoms with van der Waals surface area (Å²) in [6, 6.07) is 6.85. The van der Waals surface area contributed by atoms with Crippen molar-refractivity contribution in [2.45, 2.75) is 33.2 Å². The quantitative estimate of drug-likeness (QED) is 0.923. The molecular formula is C16H18FN3O2. The number of carbonyl (C=O) groups excluding carboxylic acids is 1. The molecule has 0 aliphatic carbocycles. The zero-order valence-electron chi connectivity index (χ0n) is 12.6. The molecule has 116 valence electrons. The minimum atomic E-state index is -0.473. The molecule has 1 N–H and O–H groups in total. The molecule has 0 unspecified atom stereocenters. The number of unbranched alkanes of at least 4 members (excludes halogenated alkanes) is 1. The number of hydrogen-bond donors (Lipinski definition) is 1. The molecule has 2 aromatic rings. The van der Waals surface area contributed by atoms with Crippen molar-refractivity contribution in [2.75, 3.05) is 5.32 Å². The Morgan fingerprint density at radius 3 is 2.82 bits per heavy atom. The highest BCUT2D eigenvalue weighted by Crippen LogP contribution is 2.16. The van der Waals surface area contributed by atoms with Gasteiger partial charge in [-0.2, -0.15) is 5.10 Å². The molecule has 0 saturated heterocycles. The maximum atomic E-state index is 13.2. The molecule has 6 heteroatoms. The Hall–Kier alpha value is -2.50. The third kappa shape index (κ3) is 3.78. The van der Waals surface area contributed by atoms with Crippen LogP contribution in [0.5, 0.6) is 0 Å². The summed E-state index contributed by atoms with van der Waals surface area (Å²) in [5.41, 5.74) is 1.01. The number of hydrogen-bond acceptors (Lipinski definition) is 3. The van der Waals surface area contributed by atoms with E-state index in [0.717, 1.165) is 18.4 Å². The highest BCUT2D eigenvalue weighted by atomic mass is 19.1. The number of rotatable bonds is 5. The van der Waals surface area contributed by atoms with Gasteiger partial charge in [-0.3, -0.25) is 9.59 Å². The van der Waals surface area contributed by atoms with Gasteiger partial charge in [0, 0.05) is 18.3 Å². The lowest BCUT2D eigenvalue weighted by Crippen LogP contribution is -2.26. The highest BCUT2D eigenvalue weighted by molar-refractivity contribution is 6.03. The van der Waals surface area contributed by atoms with Crippen molar-refractivity contribution in [1.29, 1.82) is 0 Å². The molecule has 0 saturated carbocycles. The summed E-state index contributed by atoms with van der Waals surface area (Å²) in [7, 11) is 0. The van der Waals surface area contributed by atoms with Crippen LogP contribution in [0.4, 0.5) is 10.1 Å². The number of nitrogens with one attached hydrogen (secondary N) is 1. The van der Waals surface area contributed by atoms with Gasteiger partial charge in [-0.1, -0.05) is 19.4 Å². The highest BCUT2D eigenvalue weighted by Gasteiger charge is 2.11. The maximum Gasteiger partial charge on any atom is 0.276 e. The first-order chi connectivity index (χ1) is 10.5. The van der Waals surface area contributed by atoms with E-state index >= 15 is 0 Å². The van der Waals surface area contributed by atoms with Gasteiger partial charge in [0.05, 0.1) is 0 Å². The van der Waals surface area contributed by atoms with Crippen LogP contribution in [0.25, 0.3) is 0 Å². The van der Waals surface area contributed by atoms with E-state index in [-0.39, 0.29) is 11.3 Å². The van der Waals surface area contributed by atoms with Gasteiger partial charge in [-0.25, -0.2) is 9.07 Å². The predicted molar refractivity (Wildman–Crippen MR) is 82.5 cm³/mol. The van der Waals surface area contributed by atoms with Crippen LogP contribution in [-0.2, 0) is 6.54 Å². The van der Waals surface area contributed by atoms with Gasteiger partial charge in [0.1, 0.15) is 11.5 Å². The van der Waals surface area contributed by atoms with E-state index in [4.69, 9.17) is 0 Å². The average Bonchev–Trinajstić information content (AvgIpc) is 2.50. The van der Waals surface area contributed by atoms with E-state index in [9.17, 15) is 14.0 Å². The summed E-state index contributed by atoms with van der Waals surface area (Å²) >= 11 is 0. The summed E-state index contributed by atoms with van der Waals surface area (Å²) in [5, 5.41) is 6.67. The standard InChI is InChI=1S/C16H18FN3O2/c1-3-4-9-20-15(21)8-7-13(19-20)16(22)18-14-10-12(17)6-5-11(14)2/h5-8,10H,3-4,9H2,1-2H3,(H,18,22). The molecular weight excluding hydrogens is 285 g/mol. The smallest absolute Gasteiger partial charge is 0.276 e. The molecule has 0 spiro atoms. The number of amides is 1. The van der Waals surface area contributed by atoms with Crippen molar-refractivity contribution >= 4 is 11.6 Å². The van der Waals surface area contributed by atoms with E-state index in [2.05, 4.69) is 10.4 Å². The minimum Gasteiger partial charge on any atom is -0.320 e. The number of aromatic nitrogens is 2. The molecule has 1 amide bonds. The third-order valence-corrected chi connectivity index (χ3v) is 3.27. The first kappa shape index (κ1) is 15.9. The molecule has 0 fully saturated rings. The maximum absolute atomic E-state index is 13.2. The molecule has 5 nitrogen and oxygen atoms in total. The van der Waals surface area contributed by atoms with E-state index in [1.54, 1.807) is 13.0 Å². The zero-order valence-corrected chi connectivity index (χ0v) is 12.6. The first-order valence-corrected chi connectivity index (χ1v) is 7.17. The molecule has 0 atom stereocenters. The Morgan fingerprint density at radius 2 is 2.09 bits per heavy atom. The van der Waals surface area contributed by atoms with E-state index < -0.39 is 11.7 Å². The lowest BCUT2D eigenvalue weighted by atomic mass is 10.2. The topological polar surface area (TPSA) is 64.0 Å². The molecule has 0 aliphatic heterocycles. The molecule has 2 rings (SSSR count). The van der Waals surface area contributed by atoms with Crippen molar-refractivity contribution < 1.29 is 9.18 Å². The number of carbonyl (C=O) groups is 1. The van der Waals surface area contributed by atoms with Gasteiger partial charge in [-0.05, 0) is 37.1 Å². The molecule has 1 aromatic carbocycles. The van der Waals surface area contributed by atoms with Crippen molar-refractivity contribution in [3.63, 3.8) is 0 Å². The Bertz CT molecular complexity index is 740. The number of benzene rings is 1. The zero-order chi connectivity index (χ0) is 16.1. The first-order valence-electron chi connectivity index (χ1n) is 7.17. The largest absolute Gasteiger partial charge is 0.320 e. The van der Waals surface area contributed by atoms with Crippen LogP contribution in [0.1, 0.15) is 35.8 Å². The van der Waals surface area contributed by atoms with Crippen molar-refractivity contribution in [2.24, 2.45) is 0 Å². The number of aryl methyl sites for hydroxylation is 2. The normalized spacial score (nSPS) is 10.5. The van der Waals surface area contributed by atoms with E-state index in [1.165, 1.54) is 28.9 Å². The van der Waals surface area contributed by atoms with Crippen LogP contribution in [0.2, 0.25) is 0 Å². The molecule has 1 heterocycles. The van der Waals surface area contributed by atoms with Crippen molar-refractivity contribution in [3.8, 4) is 0 Å². The van der Waals surface area contributed by atoms with Crippen LogP contribution >= 0.6 is 0 Å². The lowest BCUT2D eigenvalue weighted by Gasteiger charge is -2.09. The number of anilines is 1. The molecule has 0 bridgehead atoms. The fraction of sp³-hybridized carbons (Fsp3) is 0.312. The molecule has 1 aromatic heterocycles. The lowest BCUT2D eigenvalue weighted by molar-refractivity contribution is 0.101. The second-order valence-corrected chi connectivity index (χ2v) is 5.05. The molecule has 0 aliphatic rings. The minimum absolute atomic E-state index is 0.124. The summed E-state index contributed by atoms with van der Waals surface area (Å²) in [6.07, 6.45) is 1.73. The fourth-order valence-electron chi connectivity index (χ4n) is 1.95. The summed E-state index contributed by atoms with van der Waals surface area (Å²) < 4.78 is 14.5. The van der Waals surface area contributed by atoms with Gasteiger partial charge < -0.3 is 5.32 Å². The van der Waals surface area contributed by atoms with Gasteiger partial charge in [0.15, 0.2) is 0 Å². The Labute approximate surface area is 127 Å². The van der Waals surface area contributed by atoms with E-state index in [1.807, 2.05) is 6.92 Å². The second kappa shape index (κ2) is 6.98. The number of nitrogens with zero attached hydrogens (tertiary/aromatic N) is 2. The predicted octanol–water partition coefficient (Wildman–Crippen LogP) is 2.74. The van der Waals surface area contributed by atoms with Gasteiger partial charge >= 0.3 is 0 Å². The Kier molecular flexibility index (Phi) is 5.04. The van der Waals surface area contributed by atoms with Crippen LogP contribution in [0, 0.1) is 12.7 Å². The molecule has 22 heavy (non-hydrogen) atoms. The van der Waals surface area contributed by atoms with Gasteiger partial charge in [0.25, 0.3) is 11.5 Å². The Morgan fingerprint density at radius 1 is 1.32 bits per heavy atom. The van der Waals surface area contributed by atoms with Gasteiger partial charge in [0.2, 0.25) is 0 Å². The molecule has 0 radical (unpaired) electrons. The fourth-order valence-corrected chi connectivity index (χ4v) is 1.95. The third-order valence-electron chi connectivity index (χ3n) is 3.27. The summed E-state index contributed by atoms with van der Waals surface area (Å²) in [5.74, 6) is -0.902. The van der Waals surface area contributed by atoms with Crippen LogP contribution in [-0.4, -0.2) is 15.7 Å². The van der Waals surface area contributed by atoms with Crippen LogP contribution in [0.15, 0.2) is 35.1 Å². The number of halogens is 1. The monoisotopic (exact) mass is 303 g/mol. The van der Waals surface area contributed by atoms with Gasteiger partial charge in [-0.15, -0.1) is 0 Å². The van der Waals surface area contributed by atoms with Crippen LogP contribution < -0.4 is 10.9 Å². The Balaban J connectivity index is 2.22. The average molecular weight is 303 g/mol. The SMILES string of the molecule is CCCCn1nc(C(=O)Nc2cc(F)ccc2C)ccc1=O. The van der Waals surface area contributed by atoms with E-state index in [0.29, 0.717) is 12.2 Å². The summed E-state index contributed by atoms with van der Waals surface area (Å²) in [6.45, 7) is 4.24. The van der Waals surface area contributed by atoms with Crippen LogP contribution in [0.3, 0.4) is 0 Å². The van der Waals surface area contributed by atoms with Crippen molar-refractivity contribution in [1.82, 2.24) is 9.78 Å². The van der Waals surface area contributed by atoms with Crippen molar-refractivity contribution in [3.05, 3.63) is 57.8 Å². The summed E-state index contributed by atoms with van der Waals surface area (Å²) in [4.78, 5) is 23.9. The second-order valence-electron chi connectivity index (χ2n) is 5.05.